The first-order valence-electron chi connectivity index (χ1n) is 6.27. The molecule has 0 saturated carbocycles. The molecule has 0 unspecified atom stereocenters. The number of aromatic hydroxyl groups is 1. The Balaban J connectivity index is 1.96. The maximum Gasteiger partial charge on any atom is 0.134 e. The van der Waals surface area contributed by atoms with Crippen LogP contribution in [0.3, 0.4) is 0 Å². The van der Waals surface area contributed by atoms with E-state index in [0.717, 1.165) is 16.1 Å². The molecule has 2 aromatic heterocycles. The van der Waals surface area contributed by atoms with Crippen molar-refractivity contribution in [2.24, 2.45) is 0 Å². The second-order valence-corrected chi connectivity index (χ2v) is 7.06. The fourth-order valence-electron chi connectivity index (χ4n) is 1.86. The summed E-state index contributed by atoms with van der Waals surface area (Å²) in [7, 11) is 0. The molecule has 0 amide bonds. The van der Waals surface area contributed by atoms with Crippen LogP contribution >= 0.6 is 38.6 Å². The van der Waals surface area contributed by atoms with Crippen molar-refractivity contribution in [2.75, 3.05) is 0 Å². The van der Waals surface area contributed by atoms with Gasteiger partial charge < -0.3 is 5.11 Å². The molecule has 0 saturated heterocycles. The summed E-state index contributed by atoms with van der Waals surface area (Å²) in [6, 6.07) is 11.3. The number of aromatic nitrogens is 1. The number of thiophene rings is 1. The zero-order chi connectivity index (χ0) is 15.5. The van der Waals surface area contributed by atoms with Crippen LogP contribution in [0.1, 0.15) is 10.6 Å². The third-order valence-corrected chi connectivity index (χ3v) is 5.31. The predicted octanol–water partition coefficient (Wildman–Crippen LogP) is 5.40. The van der Waals surface area contributed by atoms with Gasteiger partial charge in [0.25, 0.3) is 0 Å². The summed E-state index contributed by atoms with van der Waals surface area (Å²) in [5.41, 5.74) is 2.22. The van der Waals surface area contributed by atoms with E-state index in [9.17, 15) is 10.4 Å². The molecule has 108 valence electrons. The van der Waals surface area contributed by atoms with Crippen molar-refractivity contribution in [1.82, 2.24) is 4.98 Å². The highest BCUT2D eigenvalue weighted by molar-refractivity contribution is 9.10. The highest BCUT2D eigenvalue weighted by atomic mass is 79.9. The summed E-state index contributed by atoms with van der Waals surface area (Å²) in [6.45, 7) is 0. The molecule has 0 spiro atoms. The topological polar surface area (TPSA) is 56.9 Å². The fourth-order valence-corrected chi connectivity index (χ4v) is 3.80. The third kappa shape index (κ3) is 3.12. The highest BCUT2D eigenvalue weighted by Crippen LogP contribution is 2.31. The van der Waals surface area contributed by atoms with Crippen molar-refractivity contribution in [3.05, 3.63) is 56.1 Å². The molecule has 0 aliphatic carbocycles. The highest BCUT2D eigenvalue weighted by Gasteiger charge is 2.10. The van der Waals surface area contributed by atoms with Gasteiger partial charge in [0.05, 0.1) is 20.6 Å². The molecule has 1 aromatic carbocycles. The maximum absolute atomic E-state index is 9.52. The number of nitriles is 1. The van der Waals surface area contributed by atoms with Crippen LogP contribution in [0.4, 0.5) is 0 Å². The van der Waals surface area contributed by atoms with Crippen LogP contribution in [0.5, 0.6) is 5.75 Å². The largest absolute Gasteiger partial charge is 0.507 e. The first-order chi connectivity index (χ1) is 10.7. The average molecular weight is 389 g/mol. The van der Waals surface area contributed by atoms with Crippen molar-refractivity contribution in [3.8, 4) is 22.4 Å². The zero-order valence-corrected chi connectivity index (χ0v) is 14.4. The molecule has 0 fully saturated rings. The lowest BCUT2D eigenvalue weighted by Gasteiger charge is -1.99. The van der Waals surface area contributed by atoms with Crippen molar-refractivity contribution < 1.29 is 5.11 Å². The molecule has 22 heavy (non-hydrogen) atoms. The number of halogens is 1. The van der Waals surface area contributed by atoms with Gasteiger partial charge in [-0.1, -0.05) is 12.1 Å². The number of allylic oxidation sites excluding steroid dienone is 1. The molecule has 3 nitrogen and oxygen atoms in total. The molecule has 0 atom stereocenters. The van der Waals surface area contributed by atoms with E-state index in [1.54, 1.807) is 35.6 Å². The van der Waals surface area contributed by atoms with Gasteiger partial charge in [-0.05, 0) is 51.1 Å². The average Bonchev–Trinajstić information content (AvgIpc) is 3.18. The van der Waals surface area contributed by atoms with E-state index in [0.29, 0.717) is 15.1 Å². The van der Waals surface area contributed by atoms with Crippen LogP contribution in [-0.2, 0) is 0 Å². The summed E-state index contributed by atoms with van der Waals surface area (Å²) >= 11 is 6.35. The zero-order valence-electron chi connectivity index (χ0n) is 11.2. The Labute approximate surface area is 144 Å². The SMILES string of the molecule is N#C/C(=C/c1ccc(O)c(Br)c1)c1nc(-c2cccs2)cs1. The first kappa shape index (κ1) is 15.0. The van der Waals surface area contributed by atoms with E-state index in [1.165, 1.54) is 11.3 Å². The van der Waals surface area contributed by atoms with Crippen LogP contribution < -0.4 is 0 Å². The molecule has 3 aromatic rings. The lowest BCUT2D eigenvalue weighted by atomic mass is 10.1. The molecule has 0 aliphatic heterocycles. The first-order valence-corrected chi connectivity index (χ1v) is 8.82. The molecule has 1 N–H and O–H groups in total. The Morgan fingerprint density at radius 2 is 2.18 bits per heavy atom. The summed E-state index contributed by atoms with van der Waals surface area (Å²) in [5.74, 6) is 0.171. The number of hydrogen-bond donors (Lipinski definition) is 1. The Morgan fingerprint density at radius 1 is 1.32 bits per heavy atom. The summed E-state index contributed by atoms with van der Waals surface area (Å²) in [5, 5.41) is 23.6. The number of phenolic OH excluding ortho intramolecular Hbond substituents is 1. The van der Waals surface area contributed by atoms with E-state index >= 15 is 0 Å². The van der Waals surface area contributed by atoms with E-state index in [4.69, 9.17) is 0 Å². The second kappa shape index (κ2) is 6.44. The predicted molar refractivity (Wildman–Crippen MR) is 94.7 cm³/mol. The maximum atomic E-state index is 9.52. The normalized spacial score (nSPS) is 11.4. The summed E-state index contributed by atoms with van der Waals surface area (Å²) in [4.78, 5) is 5.63. The molecule has 0 aliphatic rings. The fraction of sp³-hybridized carbons (Fsp3) is 0. The van der Waals surface area contributed by atoms with Crippen LogP contribution in [0, 0.1) is 11.3 Å². The van der Waals surface area contributed by atoms with Gasteiger partial charge in [0.2, 0.25) is 0 Å². The lowest BCUT2D eigenvalue weighted by Crippen LogP contribution is -1.82. The van der Waals surface area contributed by atoms with Crippen LogP contribution in [0.15, 0.2) is 45.6 Å². The van der Waals surface area contributed by atoms with Crippen molar-refractivity contribution in [3.63, 3.8) is 0 Å². The van der Waals surface area contributed by atoms with Crippen LogP contribution in [0.25, 0.3) is 22.2 Å². The van der Waals surface area contributed by atoms with Gasteiger partial charge in [-0.15, -0.1) is 22.7 Å². The van der Waals surface area contributed by atoms with E-state index in [1.807, 2.05) is 22.9 Å². The van der Waals surface area contributed by atoms with Gasteiger partial charge in [0, 0.05) is 5.38 Å². The smallest absolute Gasteiger partial charge is 0.134 e. The van der Waals surface area contributed by atoms with E-state index < -0.39 is 0 Å². The molecule has 0 radical (unpaired) electrons. The third-order valence-electron chi connectivity index (χ3n) is 2.91. The van der Waals surface area contributed by atoms with Gasteiger partial charge in [-0.3, -0.25) is 0 Å². The number of nitrogens with zero attached hydrogens (tertiary/aromatic N) is 2. The standard InChI is InChI=1S/C16H9BrN2OS2/c17-12-7-10(3-4-14(12)20)6-11(8-18)16-19-13(9-22-16)15-2-1-5-21-15/h1-7,9,20H/b11-6-. The second-order valence-electron chi connectivity index (χ2n) is 4.40. The minimum absolute atomic E-state index is 0.171. The molecule has 6 heteroatoms. The van der Waals surface area contributed by atoms with Crippen molar-refractivity contribution >= 4 is 50.3 Å². The van der Waals surface area contributed by atoms with Gasteiger partial charge in [0.1, 0.15) is 16.8 Å². The van der Waals surface area contributed by atoms with Gasteiger partial charge in [-0.25, -0.2) is 4.98 Å². The Bertz CT molecular complexity index is 876. The van der Waals surface area contributed by atoms with Gasteiger partial charge >= 0.3 is 0 Å². The molecular weight excluding hydrogens is 380 g/mol. The molecule has 2 heterocycles. The molecule has 3 rings (SSSR count). The quantitative estimate of drug-likeness (QED) is 0.610. The Hall–Kier alpha value is -1.94. The lowest BCUT2D eigenvalue weighted by molar-refractivity contribution is 0.472. The number of benzene rings is 1. The van der Waals surface area contributed by atoms with Crippen molar-refractivity contribution in [1.29, 1.82) is 5.26 Å². The summed E-state index contributed by atoms with van der Waals surface area (Å²) < 4.78 is 0.594. The molecule has 0 bridgehead atoms. The summed E-state index contributed by atoms with van der Waals surface area (Å²) in [6.07, 6.45) is 1.77. The van der Waals surface area contributed by atoms with E-state index in [-0.39, 0.29) is 5.75 Å². The van der Waals surface area contributed by atoms with Crippen molar-refractivity contribution in [2.45, 2.75) is 0 Å². The number of phenols is 1. The molecular formula is C16H9BrN2OS2. The van der Waals surface area contributed by atoms with Crippen LogP contribution in [-0.4, -0.2) is 10.1 Å². The monoisotopic (exact) mass is 388 g/mol. The van der Waals surface area contributed by atoms with E-state index in [2.05, 4.69) is 27.0 Å². The number of hydrogen-bond acceptors (Lipinski definition) is 5. The van der Waals surface area contributed by atoms with Gasteiger partial charge in [-0.2, -0.15) is 5.26 Å². The Kier molecular flexibility index (Phi) is 4.39. The number of rotatable bonds is 3. The van der Waals surface area contributed by atoms with Crippen LogP contribution in [0.2, 0.25) is 0 Å². The van der Waals surface area contributed by atoms with Gasteiger partial charge in [0.15, 0.2) is 0 Å². The number of thiazole rings is 1. The minimum atomic E-state index is 0.171. The minimum Gasteiger partial charge on any atom is -0.507 e. The Morgan fingerprint density at radius 3 is 2.86 bits per heavy atom.